The quantitative estimate of drug-likeness (QED) is 0.245. The van der Waals surface area contributed by atoms with Crippen molar-refractivity contribution in [2.45, 2.75) is 35.6 Å². The van der Waals surface area contributed by atoms with E-state index in [2.05, 4.69) is 16.1 Å². The molecular weight excluding hydrogens is 348 g/mol. The zero-order chi connectivity index (χ0) is 17.7. The van der Waals surface area contributed by atoms with Crippen LogP contribution in [0.3, 0.4) is 0 Å². The SMILES string of the molecule is C=CC(=O)OCC(=O)OC1C2CC3(C(=O)OC)C(O2)C1OS3(=O)=O. The van der Waals surface area contributed by atoms with Crippen LogP contribution in [-0.2, 0) is 47.6 Å². The van der Waals surface area contributed by atoms with E-state index in [4.69, 9.17) is 13.7 Å². The molecule has 0 aromatic carbocycles. The minimum atomic E-state index is -4.29. The number of rotatable bonds is 5. The van der Waals surface area contributed by atoms with Crippen molar-refractivity contribution in [1.29, 1.82) is 0 Å². The first-order chi connectivity index (χ1) is 11.3. The number of methoxy groups -OCH3 is 1. The molecule has 0 spiro atoms. The van der Waals surface area contributed by atoms with Crippen LogP contribution < -0.4 is 0 Å². The smallest absolute Gasteiger partial charge is 0.344 e. The Labute approximate surface area is 136 Å². The van der Waals surface area contributed by atoms with Crippen LogP contribution in [0, 0.1) is 0 Å². The first kappa shape index (κ1) is 16.9. The Hall–Kier alpha value is -1.98. The Morgan fingerprint density at radius 3 is 2.71 bits per heavy atom. The van der Waals surface area contributed by atoms with Gasteiger partial charge in [-0.2, -0.15) is 8.42 Å². The van der Waals surface area contributed by atoms with Crippen LogP contribution in [-0.4, -0.2) is 69.2 Å². The summed E-state index contributed by atoms with van der Waals surface area (Å²) in [5, 5.41) is 0. The Bertz CT molecular complexity index is 712. The highest BCUT2D eigenvalue weighted by Crippen LogP contribution is 2.55. The molecule has 3 aliphatic heterocycles. The lowest BCUT2D eigenvalue weighted by atomic mass is 9.84. The van der Waals surface area contributed by atoms with Gasteiger partial charge in [-0.05, 0) is 0 Å². The molecule has 2 bridgehead atoms. The molecule has 5 unspecified atom stereocenters. The summed E-state index contributed by atoms with van der Waals surface area (Å²) in [6.07, 6.45) is -3.49. The topological polar surface area (TPSA) is 132 Å². The van der Waals surface area contributed by atoms with E-state index in [9.17, 15) is 22.8 Å². The molecule has 24 heavy (non-hydrogen) atoms. The van der Waals surface area contributed by atoms with Gasteiger partial charge in [0.05, 0.1) is 7.11 Å². The van der Waals surface area contributed by atoms with Crippen molar-refractivity contribution >= 4 is 28.0 Å². The average Bonchev–Trinajstić information content (AvgIpc) is 3.13. The monoisotopic (exact) mass is 362 g/mol. The van der Waals surface area contributed by atoms with Crippen molar-refractivity contribution < 1.29 is 45.9 Å². The van der Waals surface area contributed by atoms with Crippen LogP contribution in [0.1, 0.15) is 6.42 Å². The molecule has 0 aliphatic carbocycles. The second-order valence-corrected chi connectivity index (χ2v) is 7.29. The van der Waals surface area contributed by atoms with Crippen molar-refractivity contribution in [2.24, 2.45) is 0 Å². The van der Waals surface area contributed by atoms with Crippen molar-refractivity contribution in [2.75, 3.05) is 13.7 Å². The van der Waals surface area contributed by atoms with Gasteiger partial charge >= 0.3 is 17.9 Å². The molecule has 0 saturated carbocycles. The lowest BCUT2D eigenvalue weighted by Gasteiger charge is -2.26. The fourth-order valence-corrected chi connectivity index (χ4v) is 5.06. The van der Waals surface area contributed by atoms with Crippen molar-refractivity contribution in [3.05, 3.63) is 12.7 Å². The third-order valence-electron chi connectivity index (χ3n) is 4.26. The highest BCUT2D eigenvalue weighted by molar-refractivity contribution is 7.89. The molecule has 0 aromatic heterocycles. The summed E-state index contributed by atoms with van der Waals surface area (Å²) in [5.41, 5.74) is 0. The summed E-state index contributed by atoms with van der Waals surface area (Å²) in [6.45, 7) is 2.51. The molecule has 132 valence electrons. The molecule has 0 amide bonds. The maximum absolute atomic E-state index is 12.3. The molecule has 3 heterocycles. The predicted octanol–water partition coefficient (Wildman–Crippen LogP) is -1.56. The highest BCUT2D eigenvalue weighted by atomic mass is 32.2. The number of hydrogen-bond acceptors (Lipinski definition) is 10. The van der Waals surface area contributed by atoms with Crippen LogP contribution in [0.4, 0.5) is 0 Å². The maximum Gasteiger partial charge on any atom is 0.344 e. The van der Waals surface area contributed by atoms with E-state index < -0.39 is 63.8 Å². The maximum atomic E-state index is 12.3. The fourth-order valence-electron chi connectivity index (χ4n) is 3.26. The third-order valence-corrected chi connectivity index (χ3v) is 6.19. The van der Waals surface area contributed by atoms with Crippen LogP contribution >= 0.6 is 0 Å². The number of esters is 3. The van der Waals surface area contributed by atoms with Gasteiger partial charge in [0.2, 0.25) is 4.75 Å². The van der Waals surface area contributed by atoms with E-state index >= 15 is 0 Å². The van der Waals surface area contributed by atoms with E-state index in [1.165, 1.54) is 0 Å². The predicted molar refractivity (Wildman–Crippen MR) is 72.9 cm³/mol. The zero-order valence-corrected chi connectivity index (χ0v) is 13.3. The van der Waals surface area contributed by atoms with Crippen LogP contribution in [0.15, 0.2) is 12.7 Å². The second-order valence-electron chi connectivity index (χ2n) is 5.46. The number of carbonyl (C=O) groups is 3. The van der Waals surface area contributed by atoms with E-state index in [-0.39, 0.29) is 6.42 Å². The number of hydrogen-bond donors (Lipinski definition) is 0. The summed E-state index contributed by atoms with van der Waals surface area (Å²) < 4.78 is 47.2. The molecule has 11 heteroatoms. The third kappa shape index (κ3) is 2.15. The highest BCUT2D eigenvalue weighted by Gasteiger charge is 2.79. The van der Waals surface area contributed by atoms with Gasteiger partial charge in [-0.25, -0.2) is 9.59 Å². The van der Waals surface area contributed by atoms with E-state index in [0.29, 0.717) is 0 Å². The van der Waals surface area contributed by atoms with Crippen LogP contribution in [0.2, 0.25) is 0 Å². The van der Waals surface area contributed by atoms with Crippen molar-refractivity contribution in [1.82, 2.24) is 0 Å². The molecule has 0 aromatic rings. The van der Waals surface area contributed by atoms with Gasteiger partial charge in [0.1, 0.15) is 18.3 Å². The van der Waals surface area contributed by atoms with Crippen LogP contribution in [0.25, 0.3) is 0 Å². The minimum Gasteiger partial charge on any atom is -0.468 e. The summed E-state index contributed by atoms with van der Waals surface area (Å²) >= 11 is 0. The number of carbonyl (C=O) groups excluding carboxylic acids is 3. The van der Waals surface area contributed by atoms with E-state index in [1.54, 1.807) is 0 Å². The summed E-state index contributed by atoms with van der Waals surface area (Å²) in [6, 6.07) is 0. The van der Waals surface area contributed by atoms with Gasteiger partial charge in [-0.15, -0.1) is 0 Å². The summed E-state index contributed by atoms with van der Waals surface area (Å²) in [5.74, 6) is -2.68. The van der Waals surface area contributed by atoms with Crippen LogP contribution in [0.5, 0.6) is 0 Å². The normalized spacial score (nSPS) is 37.7. The van der Waals surface area contributed by atoms with E-state index in [0.717, 1.165) is 13.2 Å². The largest absolute Gasteiger partial charge is 0.468 e. The molecule has 3 fully saturated rings. The van der Waals surface area contributed by atoms with Crippen molar-refractivity contribution in [3.63, 3.8) is 0 Å². The zero-order valence-electron chi connectivity index (χ0n) is 12.5. The molecule has 0 radical (unpaired) electrons. The van der Waals surface area contributed by atoms with Gasteiger partial charge in [0.15, 0.2) is 12.7 Å². The number of ether oxygens (including phenoxy) is 4. The Morgan fingerprint density at radius 2 is 2.08 bits per heavy atom. The standard InChI is InChI=1S/C13H14O10S/c1-3-7(14)20-5-8(15)22-9-6-4-13(12(16)19-2)11(21-6)10(9)23-24(13,17)18/h3,6,9-11H,1,4-5H2,2H3. The number of fused-ring (bicyclic) bond motifs is 1. The minimum absolute atomic E-state index is 0.242. The Balaban J connectivity index is 1.74. The lowest BCUT2D eigenvalue weighted by molar-refractivity contribution is -0.164. The average molecular weight is 362 g/mol. The van der Waals surface area contributed by atoms with Gasteiger partial charge in [0.25, 0.3) is 10.1 Å². The molecule has 5 atom stereocenters. The van der Waals surface area contributed by atoms with Gasteiger partial charge in [-0.1, -0.05) is 6.58 Å². The molecule has 0 N–H and O–H groups in total. The van der Waals surface area contributed by atoms with E-state index in [1.807, 2.05) is 0 Å². The molecule has 10 nitrogen and oxygen atoms in total. The Morgan fingerprint density at radius 1 is 1.38 bits per heavy atom. The molecule has 3 aliphatic rings. The second kappa shape index (κ2) is 5.53. The van der Waals surface area contributed by atoms with Crippen molar-refractivity contribution in [3.8, 4) is 0 Å². The van der Waals surface area contributed by atoms with Gasteiger partial charge in [0, 0.05) is 12.5 Å². The first-order valence-corrected chi connectivity index (χ1v) is 8.33. The summed E-state index contributed by atoms with van der Waals surface area (Å²) in [7, 11) is -3.23. The Kier molecular flexibility index (Phi) is 3.89. The summed E-state index contributed by atoms with van der Waals surface area (Å²) in [4.78, 5) is 34.6. The fraction of sp³-hybridized carbons (Fsp3) is 0.615. The first-order valence-electron chi connectivity index (χ1n) is 6.92. The molecular formula is C13H14O10S. The van der Waals surface area contributed by atoms with Gasteiger partial charge < -0.3 is 18.9 Å². The van der Waals surface area contributed by atoms with Gasteiger partial charge in [-0.3, -0.25) is 8.98 Å². The molecule has 3 rings (SSSR count). The molecule has 3 saturated heterocycles. The lowest BCUT2D eigenvalue weighted by Crippen LogP contribution is -2.54.